The molecule has 0 saturated carbocycles. The van der Waals surface area contributed by atoms with Gasteiger partial charge in [0.1, 0.15) is 11.9 Å². The molecule has 2 aromatic rings. The fourth-order valence-corrected chi connectivity index (χ4v) is 3.50. The van der Waals surface area contributed by atoms with E-state index in [1.54, 1.807) is 0 Å². The van der Waals surface area contributed by atoms with E-state index in [2.05, 4.69) is 54.2 Å². The lowest BCUT2D eigenvalue weighted by molar-refractivity contribution is 0.114. The Morgan fingerprint density at radius 3 is 2.73 bits per heavy atom. The van der Waals surface area contributed by atoms with Crippen LogP contribution in [0.4, 0.5) is 5.69 Å². The van der Waals surface area contributed by atoms with Crippen LogP contribution in [0, 0.1) is 0 Å². The third-order valence-corrected chi connectivity index (χ3v) is 5.08. The molecular weight excluding hydrogens is 328 g/mol. The third-order valence-electron chi connectivity index (χ3n) is 5.08. The SMILES string of the molecule is CN1CCC(Oc2cccc(CN(C)c3ccc4c(c3)OCO4)c2)CC1. The average Bonchev–Trinajstić information content (AvgIpc) is 3.12. The molecule has 0 aromatic heterocycles. The summed E-state index contributed by atoms with van der Waals surface area (Å²) in [7, 11) is 4.25. The predicted molar refractivity (Wildman–Crippen MR) is 102 cm³/mol. The fraction of sp³-hybridized carbons (Fsp3) is 0.429. The summed E-state index contributed by atoms with van der Waals surface area (Å²) in [5, 5.41) is 0. The van der Waals surface area contributed by atoms with Crippen LogP contribution in [0.2, 0.25) is 0 Å². The number of nitrogens with zero attached hydrogens (tertiary/aromatic N) is 2. The van der Waals surface area contributed by atoms with Gasteiger partial charge in [0.05, 0.1) is 0 Å². The van der Waals surface area contributed by atoms with E-state index >= 15 is 0 Å². The third kappa shape index (κ3) is 3.88. The lowest BCUT2D eigenvalue weighted by Crippen LogP contribution is -2.35. The second-order valence-corrected chi connectivity index (χ2v) is 7.16. The van der Waals surface area contributed by atoms with Crippen molar-refractivity contribution in [3.05, 3.63) is 48.0 Å². The van der Waals surface area contributed by atoms with Crippen molar-refractivity contribution in [2.45, 2.75) is 25.5 Å². The molecule has 1 fully saturated rings. The monoisotopic (exact) mass is 354 g/mol. The van der Waals surface area contributed by atoms with Crippen molar-refractivity contribution in [3.8, 4) is 17.2 Å². The van der Waals surface area contributed by atoms with Gasteiger partial charge in [-0.3, -0.25) is 0 Å². The van der Waals surface area contributed by atoms with Crippen molar-refractivity contribution in [1.82, 2.24) is 4.90 Å². The Kier molecular flexibility index (Phi) is 4.89. The summed E-state index contributed by atoms with van der Waals surface area (Å²) in [6, 6.07) is 14.5. The Balaban J connectivity index is 1.40. The number of benzene rings is 2. The first-order chi connectivity index (χ1) is 12.7. The molecule has 2 aliphatic rings. The van der Waals surface area contributed by atoms with Crippen molar-refractivity contribution in [1.29, 1.82) is 0 Å². The van der Waals surface area contributed by atoms with Gasteiger partial charge in [-0.05, 0) is 49.7 Å². The number of anilines is 1. The first kappa shape index (κ1) is 17.0. The Labute approximate surface area is 155 Å². The van der Waals surface area contributed by atoms with Crippen molar-refractivity contribution < 1.29 is 14.2 Å². The minimum atomic E-state index is 0.304. The molecule has 4 rings (SSSR count). The number of piperidine rings is 1. The summed E-state index contributed by atoms with van der Waals surface area (Å²) < 4.78 is 17.1. The topological polar surface area (TPSA) is 34.2 Å². The first-order valence-electron chi connectivity index (χ1n) is 9.22. The minimum Gasteiger partial charge on any atom is -0.490 e. The van der Waals surface area contributed by atoms with Crippen molar-refractivity contribution in [3.63, 3.8) is 0 Å². The summed E-state index contributed by atoms with van der Waals surface area (Å²) in [4.78, 5) is 4.56. The number of likely N-dealkylation sites (tertiary alicyclic amines) is 1. The molecule has 0 bridgehead atoms. The molecule has 138 valence electrons. The molecule has 0 radical (unpaired) electrons. The zero-order chi connectivity index (χ0) is 17.9. The largest absolute Gasteiger partial charge is 0.490 e. The highest BCUT2D eigenvalue weighted by Crippen LogP contribution is 2.35. The second-order valence-electron chi connectivity index (χ2n) is 7.16. The van der Waals surface area contributed by atoms with Gasteiger partial charge in [-0.1, -0.05) is 12.1 Å². The Morgan fingerprint density at radius 1 is 1.08 bits per heavy atom. The molecule has 0 spiro atoms. The highest BCUT2D eigenvalue weighted by atomic mass is 16.7. The fourth-order valence-electron chi connectivity index (χ4n) is 3.50. The molecule has 0 aliphatic carbocycles. The normalized spacial score (nSPS) is 17.3. The van der Waals surface area contributed by atoms with E-state index in [1.165, 1.54) is 5.56 Å². The van der Waals surface area contributed by atoms with Gasteiger partial charge in [0, 0.05) is 38.4 Å². The number of hydrogen-bond acceptors (Lipinski definition) is 5. The molecule has 2 heterocycles. The minimum absolute atomic E-state index is 0.304. The van der Waals surface area contributed by atoms with E-state index in [4.69, 9.17) is 14.2 Å². The van der Waals surface area contributed by atoms with E-state index in [1.807, 2.05) is 12.1 Å². The van der Waals surface area contributed by atoms with Crippen LogP contribution in [0.3, 0.4) is 0 Å². The molecule has 5 nitrogen and oxygen atoms in total. The zero-order valence-electron chi connectivity index (χ0n) is 15.5. The lowest BCUT2D eigenvalue weighted by Gasteiger charge is -2.29. The van der Waals surface area contributed by atoms with Crippen LogP contribution >= 0.6 is 0 Å². The van der Waals surface area contributed by atoms with E-state index in [9.17, 15) is 0 Å². The Hall–Kier alpha value is -2.40. The van der Waals surface area contributed by atoms with Gasteiger partial charge in [0.15, 0.2) is 11.5 Å². The lowest BCUT2D eigenvalue weighted by atomic mass is 10.1. The van der Waals surface area contributed by atoms with E-state index in [0.717, 1.165) is 55.4 Å². The van der Waals surface area contributed by atoms with Crippen LogP contribution < -0.4 is 19.1 Å². The van der Waals surface area contributed by atoms with Crippen molar-refractivity contribution >= 4 is 5.69 Å². The van der Waals surface area contributed by atoms with Crippen molar-refractivity contribution in [2.75, 3.05) is 38.9 Å². The summed E-state index contributed by atoms with van der Waals surface area (Å²) in [6.45, 7) is 3.33. The number of hydrogen-bond donors (Lipinski definition) is 0. The molecule has 2 aromatic carbocycles. The highest BCUT2D eigenvalue weighted by Gasteiger charge is 2.18. The number of rotatable bonds is 5. The summed E-state index contributed by atoms with van der Waals surface area (Å²) in [5.41, 5.74) is 2.34. The first-order valence-corrected chi connectivity index (χ1v) is 9.22. The van der Waals surface area contributed by atoms with E-state index in [0.29, 0.717) is 12.9 Å². The maximum absolute atomic E-state index is 6.21. The van der Waals surface area contributed by atoms with Gasteiger partial charge in [-0.2, -0.15) is 0 Å². The molecule has 5 heteroatoms. The summed E-state index contributed by atoms with van der Waals surface area (Å²) in [6.07, 6.45) is 2.52. The molecule has 1 saturated heterocycles. The van der Waals surface area contributed by atoms with Gasteiger partial charge in [0.2, 0.25) is 6.79 Å². The van der Waals surface area contributed by atoms with Gasteiger partial charge in [0.25, 0.3) is 0 Å². The summed E-state index contributed by atoms with van der Waals surface area (Å²) >= 11 is 0. The number of ether oxygens (including phenoxy) is 3. The van der Waals surface area contributed by atoms with Crippen LogP contribution in [-0.2, 0) is 6.54 Å². The predicted octanol–water partition coefficient (Wildman–Crippen LogP) is 3.52. The zero-order valence-corrected chi connectivity index (χ0v) is 15.5. The molecule has 0 atom stereocenters. The standard InChI is InChI=1S/C21H26N2O3/c1-22-10-8-18(9-11-22)26-19-5-3-4-16(12-19)14-23(2)17-6-7-20-21(13-17)25-15-24-20/h3-7,12-13,18H,8-11,14-15H2,1-2H3. The summed E-state index contributed by atoms with van der Waals surface area (Å²) in [5.74, 6) is 2.60. The molecule has 26 heavy (non-hydrogen) atoms. The van der Waals surface area contributed by atoms with E-state index in [-0.39, 0.29) is 0 Å². The average molecular weight is 354 g/mol. The highest BCUT2D eigenvalue weighted by molar-refractivity contribution is 5.57. The van der Waals surface area contributed by atoms with Gasteiger partial charge in [-0.15, -0.1) is 0 Å². The molecule has 2 aliphatic heterocycles. The van der Waals surface area contributed by atoms with Crippen LogP contribution in [0.15, 0.2) is 42.5 Å². The molecule has 0 N–H and O–H groups in total. The maximum atomic E-state index is 6.21. The smallest absolute Gasteiger partial charge is 0.231 e. The van der Waals surface area contributed by atoms with Gasteiger partial charge in [-0.25, -0.2) is 0 Å². The van der Waals surface area contributed by atoms with Crippen LogP contribution in [-0.4, -0.2) is 45.0 Å². The molecule has 0 amide bonds. The molecule has 0 unspecified atom stereocenters. The quantitative estimate of drug-likeness (QED) is 0.821. The van der Waals surface area contributed by atoms with Gasteiger partial charge >= 0.3 is 0 Å². The Bertz CT molecular complexity index is 757. The van der Waals surface area contributed by atoms with Crippen LogP contribution in [0.25, 0.3) is 0 Å². The van der Waals surface area contributed by atoms with Crippen LogP contribution in [0.1, 0.15) is 18.4 Å². The van der Waals surface area contributed by atoms with Gasteiger partial charge < -0.3 is 24.0 Å². The van der Waals surface area contributed by atoms with Crippen molar-refractivity contribution in [2.24, 2.45) is 0 Å². The van der Waals surface area contributed by atoms with E-state index < -0.39 is 0 Å². The Morgan fingerprint density at radius 2 is 1.88 bits per heavy atom. The maximum Gasteiger partial charge on any atom is 0.231 e. The molecular formula is C21H26N2O3. The number of fused-ring (bicyclic) bond motifs is 1. The second kappa shape index (κ2) is 7.46. The van der Waals surface area contributed by atoms with Crippen LogP contribution in [0.5, 0.6) is 17.2 Å².